The third kappa shape index (κ3) is 10.0. The molecule has 0 spiro atoms. The lowest BCUT2D eigenvalue weighted by molar-refractivity contribution is -0.160. The van der Waals surface area contributed by atoms with Crippen LogP contribution < -0.4 is 21.3 Å². The van der Waals surface area contributed by atoms with Crippen LogP contribution in [0.25, 0.3) is 0 Å². The quantitative estimate of drug-likeness (QED) is 0.133. The van der Waals surface area contributed by atoms with Crippen LogP contribution in [0.3, 0.4) is 0 Å². The van der Waals surface area contributed by atoms with Gasteiger partial charge in [0.1, 0.15) is 23.7 Å². The second-order valence-electron chi connectivity index (χ2n) is 16.7. The highest BCUT2D eigenvalue weighted by atomic mass is 16.6. The summed E-state index contributed by atoms with van der Waals surface area (Å²) in [7, 11) is 0. The number of hydrogen-bond acceptors (Lipinski definition) is 7. The Kier molecular flexibility index (Phi) is 12.5. The molecule has 0 bridgehead atoms. The fourth-order valence-electron chi connectivity index (χ4n) is 6.27. The van der Waals surface area contributed by atoms with Gasteiger partial charge in [0, 0.05) is 13.1 Å². The molecular weight excluding hydrogens is 602 g/mol. The summed E-state index contributed by atoms with van der Waals surface area (Å²) in [5.74, 6) is -3.20. The van der Waals surface area contributed by atoms with Gasteiger partial charge in [-0.1, -0.05) is 81.2 Å². The molecule has 1 saturated carbocycles. The highest BCUT2D eigenvalue weighted by Gasteiger charge is 2.70. The Bertz CT molecular complexity index is 1220. The molecular formula is C35H59N5O7. The number of ether oxygens (including phenoxy) is 1. The molecule has 0 aromatic rings. The number of carbonyl (C=O) groups excluding carboxylic acids is 6. The van der Waals surface area contributed by atoms with Gasteiger partial charge in [-0.2, -0.15) is 0 Å². The zero-order valence-electron chi connectivity index (χ0n) is 30.6. The van der Waals surface area contributed by atoms with Crippen LogP contribution in [0.15, 0.2) is 12.7 Å². The largest absolute Gasteiger partial charge is 0.458 e. The summed E-state index contributed by atoms with van der Waals surface area (Å²) in [5, 5.41) is 10.8. The van der Waals surface area contributed by atoms with Crippen LogP contribution in [0.5, 0.6) is 0 Å². The number of urea groups is 1. The molecule has 1 saturated heterocycles. The Morgan fingerprint density at radius 2 is 1.47 bits per heavy atom. The van der Waals surface area contributed by atoms with Crippen molar-refractivity contribution < 1.29 is 33.5 Å². The van der Waals surface area contributed by atoms with E-state index in [0.717, 1.165) is 6.42 Å². The van der Waals surface area contributed by atoms with Crippen molar-refractivity contribution in [2.45, 2.75) is 132 Å². The zero-order chi connectivity index (χ0) is 36.3. The molecule has 2 aliphatic rings. The third-order valence-corrected chi connectivity index (χ3v) is 9.04. The molecule has 1 unspecified atom stereocenters. The first-order chi connectivity index (χ1) is 21.4. The van der Waals surface area contributed by atoms with Crippen LogP contribution in [-0.2, 0) is 28.7 Å². The van der Waals surface area contributed by atoms with Crippen molar-refractivity contribution in [2.24, 2.45) is 28.1 Å². The van der Waals surface area contributed by atoms with Crippen LogP contribution in [0, 0.1) is 28.1 Å². The molecule has 266 valence electrons. The smallest absolute Gasteiger partial charge is 0.329 e. The van der Waals surface area contributed by atoms with Crippen LogP contribution in [0.2, 0.25) is 0 Å². The minimum absolute atomic E-state index is 0.0507. The predicted molar refractivity (Wildman–Crippen MR) is 180 cm³/mol. The number of ketones is 1. The summed E-state index contributed by atoms with van der Waals surface area (Å²) in [6.45, 7) is 26.1. The van der Waals surface area contributed by atoms with Crippen molar-refractivity contribution in [3.05, 3.63) is 12.7 Å². The minimum Gasteiger partial charge on any atom is -0.458 e. The molecule has 0 radical (unpaired) electrons. The maximum absolute atomic E-state index is 14.3. The standard InChI is InChI=1S/C35H59N5O7/c1-14-16-17-21(24(41)28(43)36-18-15-2)37-27(42)23-22-20(35(22,12)13)19-40(23)29(44)25(32(3,4)5)38-31(46)39-26(33(6,7)8)30(45)47-34(9,10)11/h15,20-23,25-26H,2,14,16-19H2,1,3-13H3,(H,36,43)(H,37,42)(H2,38,39,46)/t20-,21?,22-,23-,25+,26+/m0/s1. The Hall–Kier alpha value is -3.44. The SMILES string of the molecule is C=CCNC(=O)C(=O)C(CCCC)NC(=O)[C@@H]1[C@@H]2[C@H](CN1C(=O)[C@@H](NC(=O)N[C@H](C(=O)OC(C)(C)C)C(C)(C)C)C(C)(C)C)C2(C)C. The van der Waals surface area contributed by atoms with Crippen LogP contribution in [-0.4, -0.2) is 83.3 Å². The first-order valence-corrected chi connectivity index (χ1v) is 16.7. The van der Waals surface area contributed by atoms with E-state index in [9.17, 15) is 28.8 Å². The van der Waals surface area contributed by atoms with E-state index in [4.69, 9.17) is 4.74 Å². The topological polar surface area (TPSA) is 163 Å². The number of likely N-dealkylation sites (tertiary alicyclic amines) is 1. The minimum atomic E-state index is -1.06. The maximum Gasteiger partial charge on any atom is 0.329 e. The molecule has 1 aliphatic carbocycles. The highest BCUT2D eigenvalue weighted by Crippen LogP contribution is 2.65. The molecule has 4 N–H and O–H groups in total. The first-order valence-electron chi connectivity index (χ1n) is 16.7. The molecule has 5 amide bonds. The van der Waals surface area contributed by atoms with Crippen LogP contribution in [0.1, 0.15) is 102 Å². The van der Waals surface area contributed by atoms with Crippen molar-refractivity contribution in [3.63, 3.8) is 0 Å². The Morgan fingerprint density at radius 3 is 1.96 bits per heavy atom. The van der Waals surface area contributed by atoms with E-state index in [1.807, 2.05) is 41.5 Å². The van der Waals surface area contributed by atoms with Gasteiger partial charge in [-0.15, -0.1) is 6.58 Å². The number of piperidine rings is 1. The Labute approximate surface area is 280 Å². The van der Waals surface area contributed by atoms with E-state index < -0.39 is 76.1 Å². The number of esters is 1. The van der Waals surface area contributed by atoms with Crippen molar-refractivity contribution in [1.29, 1.82) is 0 Å². The molecule has 2 rings (SSSR count). The van der Waals surface area contributed by atoms with Crippen molar-refractivity contribution in [1.82, 2.24) is 26.2 Å². The number of hydrogen-bond donors (Lipinski definition) is 4. The van der Waals surface area contributed by atoms with E-state index in [1.54, 1.807) is 41.5 Å². The molecule has 0 aromatic heterocycles. The van der Waals surface area contributed by atoms with Gasteiger partial charge in [0.15, 0.2) is 0 Å². The number of nitrogens with one attached hydrogen (secondary N) is 4. The zero-order valence-corrected chi connectivity index (χ0v) is 30.6. The normalized spacial score (nSPS) is 22.1. The van der Waals surface area contributed by atoms with Gasteiger partial charge >= 0.3 is 12.0 Å². The van der Waals surface area contributed by atoms with Gasteiger partial charge in [-0.3, -0.25) is 19.2 Å². The first kappa shape index (κ1) is 39.7. The lowest BCUT2D eigenvalue weighted by atomic mass is 9.85. The van der Waals surface area contributed by atoms with Gasteiger partial charge in [0.25, 0.3) is 5.91 Å². The van der Waals surface area contributed by atoms with Gasteiger partial charge in [0.2, 0.25) is 17.6 Å². The summed E-state index contributed by atoms with van der Waals surface area (Å²) in [4.78, 5) is 81.8. The van der Waals surface area contributed by atoms with Gasteiger partial charge in [0.05, 0.1) is 6.04 Å². The molecule has 1 heterocycles. The number of nitrogens with zero attached hydrogens (tertiary/aromatic N) is 1. The third-order valence-electron chi connectivity index (χ3n) is 9.04. The Morgan fingerprint density at radius 1 is 0.915 bits per heavy atom. The summed E-state index contributed by atoms with van der Waals surface area (Å²) in [6.07, 6.45) is 3.10. The predicted octanol–water partition coefficient (Wildman–Crippen LogP) is 3.49. The van der Waals surface area contributed by atoms with E-state index in [1.165, 1.54) is 11.0 Å². The van der Waals surface area contributed by atoms with Crippen molar-refractivity contribution >= 4 is 35.5 Å². The Balaban J connectivity index is 2.35. The second kappa shape index (κ2) is 14.8. The number of fused-ring (bicyclic) bond motifs is 1. The van der Waals surface area contributed by atoms with Crippen molar-refractivity contribution in [3.8, 4) is 0 Å². The van der Waals surface area contributed by atoms with E-state index in [-0.39, 0.29) is 30.2 Å². The van der Waals surface area contributed by atoms with Gasteiger partial charge in [-0.25, -0.2) is 9.59 Å². The fourth-order valence-corrected chi connectivity index (χ4v) is 6.27. The number of Topliss-reactive ketones (excluding diaryl/α,β-unsaturated/α-hetero) is 1. The maximum atomic E-state index is 14.3. The highest BCUT2D eigenvalue weighted by molar-refractivity contribution is 6.38. The van der Waals surface area contributed by atoms with Crippen molar-refractivity contribution in [2.75, 3.05) is 13.1 Å². The lowest BCUT2D eigenvalue weighted by Gasteiger charge is -2.38. The summed E-state index contributed by atoms with van der Waals surface area (Å²) in [5.41, 5.74) is -2.44. The second-order valence-corrected chi connectivity index (χ2v) is 16.7. The summed E-state index contributed by atoms with van der Waals surface area (Å²) in [6, 6.07) is -4.72. The molecule has 2 fully saturated rings. The number of rotatable bonds is 13. The number of amides is 5. The average Bonchev–Trinajstić information content (AvgIpc) is 3.25. The van der Waals surface area contributed by atoms with Crippen LogP contribution >= 0.6 is 0 Å². The number of unbranched alkanes of at least 4 members (excludes halogenated alkanes) is 1. The fraction of sp³-hybridized carbons (Fsp3) is 0.771. The number of carbonyl (C=O) groups is 6. The van der Waals surface area contributed by atoms with E-state index in [0.29, 0.717) is 13.0 Å². The van der Waals surface area contributed by atoms with Gasteiger partial charge < -0.3 is 30.9 Å². The van der Waals surface area contributed by atoms with E-state index in [2.05, 4.69) is 27.8 Å². The molecule has 0 aromatic carbocycles. The average molecular weight is 662 g/mol. The monoisotopic (exact) mass is 661 g/mol. The van der Waals surface area contributed by atoms with E-state index >= 15 is 0 Å². The lowest BCUT2D eigenvalue weighted by Crippen LogP contribution is -2.63. The molecule has 12 nitrogen and oxygen atoms in total. The summed E-state index contributed by atoms with van der Waals surface area (Å²) >= 11 is 0. The molecule has 6 atom stereocenters. The molecule has 1 aliphatic heterocycles. The molecule has 12 heteroatoms. The molecule has 47 heavy (non-hydrogen) atoms. The summed E-state index contributed by atoms with van der Waals surface area (Å²) < 4.78 is 5.56. The van der Waals surface area contributed by atoms with Gasteiger partial charge in [-0.05, 0) is 55.3 Å². The van der Waals surface area contributed by atoms with Crippen LogP contribution in [0.4, 0.5) is 4.79 Å².